The number of carbonyl (C=O) groups excluding carboxylic acids is 6. The minimum absolute atomic E-state index is 0.0319. The molecule has 0 saturated carbocycles. The summed E-state index contributed by atoms with van der Waals surface area (Å²) in [5.41, 5.74) is 4.59. The molecule has 1 fully saturated rings. The van der Waals surface area contributed by atoms with Gasteiger partial charge in [-0.3, -0.25) is 48.5 Å². The molecule has 5 amide bonds. The van der Waals surface area contributed by atoms with E-state index in [0.717, 1.165) is 37.2 Å². The summed E-state index contributed by atoms with van der Waals surface area (Å²) in [5.74, 6) is -1.66. The van der Waals surface area contributed by atoms with E-state index in [1.54, 1.807) is 35.6 Å². The van der Waals surface area contributed by atoms with Crippen molar-refractivity contribution in [3.8, 4) is 5.00 Å². The van der Waals surface area contributed by atoms with Gasteiger partial charge in [0.2, 0.25) is 17.7 Å². The molecule has 2 atom stereocenters. The summed E-state index contributed by atoms with van der Waals surface area (Å²) in [4.78, 5) is 84.0. The van der Waals surface area contributed by atoms with Crippen LogP contribution >= 0.6 is 22.9 Å². The number of Topliss-reactive ketones (excluding diaryl/α,β-unsaturated/α-hetero) is 1. The molecular formula is C37H34ClN7O6S. The van der Waals surface area contributed by atoms with Gasteiger partial charge in [-0.05, 0) is 69.4 Å². The number of rotatable bonds is 10. The second kappa shape index (κ2) is 14.0. The number of halogens is 1. The number of aromatic nitrogens is 3. The quantitative estimate of drug-likeness (QED) is 0.227. The number of fused-ring (bicyclic) bond motifs is 4. The number of aliphatic imine (C=N–C) groups is 1. The molecule has 13 nitrogen and oxygen atoms in total. The zero-order chi connectivity index (χ0) is 36.8. The Bertz CT molecular complexity index is 2220. The topological polar surface area (TPSA) is 173 Å². The zero-order valence-corrected chi connectivity index (χ0v) is 30.2. The molecule has 2 aromatic heterocycles. The smallest absolute Gasteiger partial charge is 0.262 e. The van der Waals surface area contributed by atoms with E-state index in [4.69, 9.17) is 16.6 Å². The van der Waals surface area contributed by atoms with Gasteiger partial charge < -0.3 is 5.32 Å². The lowest BCUT2D eigenvalue weighted by Crippen LogP contribution is -2.54. The van der Waals surface area contributed by atoms with Gasteiger partial charge in [-0.1, -0.05) is 35.9 Å². The lowest BCUT2D eigenvalue weighted by atomic mass is 9.98. The van der Waals surface area contributed by atoms with E-state index in [9.17, 15) is 28.8 Å². The summed E-state index contributed by atoms with van der Waals surface area (Å²) >= 11 is 7.81. The Morgan fingerprint density at radius 2 is 1.77 bits per heavy atom. The molecule has 3 aliphatic heterocycles. The van der Waals surface area contributed by atoms with Crippen molar-refractivity contribution in [1.82, 2.24) is 30.3 Å². The van der Waals surface area contributed by atoms with Crippen LogP contribution < -0.4 is 10.6 Å². The van der Waals surface area contributed by atoms with E-state index in [0.29, 0.717) is 35.1 Å². The van der Waals surface area contributed by atoms with Crippen LogP contribution in [0.1, 0.15) is 97.6 Å². The van der Waals surface area contributed by atoms with Crippen molar-refractivity contribution < 1.29 is 28.8 Å². The van der Waals surface area contributed by atoms with Crippen LogP contribution in [0.25, 0.3) is 5.00 Å². The molecule has 1 unspecified atom stereocenters. The molecule has 52 heavy (non-hydrogen) atoms. The number of nitrogens with zero attached hydrogens (tertiary/aromatic N) is 5. The van der Waals surface area contributed by atoms with E-state index in [2.05, 4.69) is 27.8 Å². The number of ketones is 1. The third kappa shape index (κ3) is 6.36. The van der Waals surface area contributed by atoms with Gasteiger partial charge >= 0.3 is 0 Å². The van der Waals surface area contributed by atoms with Crippen LogP contribution in [0.2, 0.25) is 5.02 Å². The highest BCUT2D eigenvalue weighted by Crippen LogP contribution is 2.39. The Labute approximate surface area is 307 Å². The molecule has 4 aromatic rings. The highest BCUT2D eigenvalue weighted by atomic mass is 35.5. The van der Waals surface area contributed by atoms with E-state index in [1.807, 2.05) is 30.5 Å². The van der Waals surface area contributed by atoms with E-state index in [-0.39, 0.29) is 55.0 Å². The van der Waals surface area contributed by atoms with Crippen LogP contribution in [0.3, 0.4) is 0 Å². The van der Waals surface area contributed by atoms with Crippen molar-refractivity contribution >= 4 is 64.0 Å². The lowest BCUT2D eigenvalue weighted by molar-refractivity contribution is -0.136. The number of hydrogen-bond donors (Lipinski definition) is 2. The van der Waals surface area contributed by atoms with Crippen LogP contribution in [-0.2, 0) is 25.6 Å². The second-order valence-electron chi connectivity index (χ2n) is 13.1. The van der Waals surface area contributed by atoms with Crippen molar-refractivity contribution in [2.75, 3.05) is 6.54 Å². The fourth-order valence-electron chi connectivity index (χ4n) is 6.94. The number of amides is 5. The Morgan fingerprint density at radius 3 is 2.52 bits per heavy atom. The summed E-state index contributed by atoms with van der Waals surface area (Å²) in [6.45, 7) is 5.77. The molecule has 5 heterocycles. The van der Waals surface area contributed by atoms with Gasteiger partial charge in [-0.15, -0.1) is 21.5 Å². The predicted octanol–water partition coefficient (Wildman–Crippen LogP) is 4.30. The molecule has 2 aromatic carbocycles. The standard InChI is InChI=1S/C37H34ClN7O6S/c1-18-19(2)52-37-30(18)32(22-10-12-23(38)13-11-22)40-26(33-43-42-20(3)44(33)37)16-29(48)39-17-24(46)8-4-6-21-7-5-9-25-31(21)36(51)45(35(25)50)27-14-15-28(47)41-34(27)49/h5,7,9-13,26-27H,4,6,8,14-17H2,1-3H3,(H,39,48)(H,41,47,49)/t26-,27?/m0/s1. The van der Waals surface area contributed by atoms with Gasteiger partial charge in [0.25, 0.3) is 11.8 Å². The van der Waals surface area contributed by atoms with Gasteiger partial charge in [0.05, 0.1) is 29.8 Å². The third-order valence-corrected chi connectivity index (χ3v) is 11.1. The number of nitrogens with one attached hydrogen (secondary N) is 2. The first-order valence-corrected chi connectivity index (χ1v) is 18.1. The van der Waals surface area contributed by atoms with Crippen molar-refractivity contribution in [1.29, 1.82) is 0 Å². The second-order valence-corrected chi connectivity index (χ2v) is 14.7. The molecule has 266 valence electrons. The molecule has 0 bridgehead atoms. The van der Waals surface area contributed by atoms with Gasteiger partial charge in [0.1, 0.15) is 22.9 Å². The van der Waals surface area contributed by atoms with Crippen LogP contribution in [-0.4, -0.2) is 73.3 Å². The predicted molar refractivity (Wildman–Crippen MR) is 192 cm³/mol. The average molecular weight is 740 g/mol. The van der Waals surface area contributed by atoms with Crippen LogP contribution in [0.5, 0.6) is 0 Å². The van der Waals surface area contributed by atoms with Gasteiger partial charge in [-0.25, -0.2) is 0 Å². The maximum atomic E-state index is 13.4. The Balaban J connectivity index is 1.01. The fourth-order valence-corrected chi connectivity index (χ4v) is 8.28. The van der Waals surface area contributed by atoms with E-state index in [1.165, 1.54) is 6.07 Å². The average Bonchev–Trinajstić information content (AvgIpc) is 3.69. The number of benzene rings is 2. The van der Waals surface area contributed by atoms with Gasteiger partial charge in [0.15, 0.2) is 11.6 Å². The molecular weight excluding hydrogens is 706 g/mol. The van der Waals surface area contributed by atoms with Crippen molar-refractivity contribution in [3.63, 3.8) is 0 Å². The van der Waals surface area contributed by atoms with E-state index < -0.39 is 35.7 Å². The Hall–Kier alpha value is -5.34. The molecule has 7 rings (SSSR count). The molecule has 2 N–H and O–H groups in total. The highest BCUT2D eigenvalue weighted by molar-refractivity contribution is 7.15. The third-order valence-electron chi connectivity index (χ3n) is 9.67. The molecule has 1 saturated heterocycles. The Morgan fingerprint density at radius 1 is 1.00 bits per heavy atom. The first kappa shape index (κ1) is 35.1. The van der Waals surface area contributed by atoms with Crippen LogP contribution in [0.15, 0.2) is 47.5 Å². The van der Waals surface area contributed by atoms with Gasteiger partial charge in [0, 0.05) is 33.9 Å². The number of imide groups is 2. The minimum atomic E-state index is -1.06. The monoisotopic (exact) mass is 739 g/mol. The van der Waals surface area contributed by atoms with Crippen LogP contribution in [0, 0.1) is 20.8 Å². The SMILES string of the molecule is Cc1sc2c(c1C)C(c1ccc(Cl)cc1)=N[C@@H](CC(=O)NCC(=O)CCCc1cccc3c1C(=O)N(C1CCC(=O)NC1=O)C3=O)c1nnc(C)n1-2. The number of thiophene rings is 1. The molecule has 3 aliphatic rings. The largest absolute Gasteiger partial charge is 0.349 e. The number of aryl methyl sites for hydroxylation is 3. The zero-order valence-electron chi connectivity index (χ0n) is 28.6. The summed E-state index contributed by atoms with van der Waals surface area (Å²) in [5, 5.41) is 15.2. The fraction of sp³-hybridized carbons (Fsp3) is 0.324. The number of hydrogen-bond acceptors (Lipinski definition) is 10. The van der Waals surface area contributed by atoms with E-state index >= 15 is 0 Å². The van der Waals surface area contributed by atoms with Gasteiger partial charge in [-0.2, -0.15) is 0 Å². The molecule has 0 radical (unpaired) electrons. The normalized spacial score (nSPS) is 18.0. The molecule has 0 spiro atoms. The first-order chi connectivity index (χ1) is 24.9. The summed E-state index contributed by atoms with van der Waals surface area (Å²) < 4.78 is 1.96. The Kier molecular flexibility index (Phi) is 9.44. The number of piperidine rings is 1. The maximum Gasteiger partial charge on any atom is 0.262 e. The summed E-state index contributed by atoms with van der Waals surface area (Å²) in [6, 6.07) is 10.6. The van der Waals surface area contributed by atoms with Crippen molar-refractivity contribution in [2.45, 2.75) is 71.4 Å². The van der Waals surface area contributed by atoms with Crippen molar-refractivity contribution in [2.24, 2.45) is 4.99 Å². The molecule has 0 aliphatic carbocycles. The molecule has 15 heteroatoms. The number of carbonyl (C=O) groups is 6. The summed E-state index contributed by atoms with van der Waals surface area (Å²) in [6.07, 6.45) is 0.851. The van der Waals surface area contributed by atoms with Crippen LogP contribution in [0.4, 0.5) is 0 Å². The van der Waals surface area contributed by atoms with Crippen molar-refractivity contribution in [3.05, 3.63) is 97.4 Å². The first-order valence-electron chi connectivity index (χ1n) is 16.9. The lowest BCUT2D eigenvalue weighted by Gasteiger charge is -2.27. The maximum absolute atomic E-state index is 13.4. The highest BCUT2D eigenvalue weighted by Gasteiger charge is 2.45. The summed E-state index contributed by atoms with van der Waals surface area (Å²) in [7, 11) is 0. The minimum Gasteiger partial charge on any atom is -0.349 e.